The molecule has 142 valence electrons. The fourth-order valence-corrected chi connectivity index (χ4v) is 5.27. The van der Waals surface area contributed by atoms with Crippen LogP contribution in [0.3, 0.4) is 0 Å². The molecule has 0 amide bonds. The van der Waals surface area contributed by atoms with Crippen LogP contribution < -0.4 is 0 Å². The second kappa shape index (κ2) is 7.67. The predicted molar refractivity (Wildman–Crippen MR) is 123 cm³/mol. The number of hydrogen-bond acceptors (Lipinski definition) is 4. The van der Waals surface area contributed by atoms with E-state index in [-0.39, 0.29) is 5.91 Å². The molecule has 3 nitrogen and oxygen atoms in total. The Kier molecular flexibility index (Phi) is 4.87. The van der Waals surface area contributed by atoms with Crippen LogP contribution in [0, 0.1) is 0 Å². The van der Waals surface area contributed by atoms with Gasteiger partial charge >= 0.3 is 0 Å². The molecule has 2 aromatic heterocycles. The Morgan fingerprint density at radius 1 is 0.931 bits per heavy atom. The molecule has 0 aliphatic rings. The van der Waals surface area contributed by atoms with Gasteiger partial charge < -0.3 is 0 Å². The number of rotatable bonds is 4. The zero-order valence-corrected chi connectivity index (χ0v) is 17.6. The second-order valence-electron chi connectivity index (χ2n) is 6.56. The molecule has 29 heavy (non-hydrogen) atoms. The molecule has 0 aliphatic carbocycles. The molecule has 0 N–H and O–H groups in total. The zero-order chi connectivity index (χ0) is 19.8. The average Bonchev–Trinajstić information content (AvgIpc) is 3.35. The summed E-state index contributed by atoms with van der Waals surface area (Å²) in [5, 5.41) is 4.91. The van der Waals surface area contributed by atoms with Crippen LogP contribution >= 0.6 is 34.7 Å². The molecule has 2 heterocycles. The third kappa shape index (κ3) is 3.46. The van der Waals surface area contributed by atoms with Crippen LogP contribution in [0.1, 0.15) is 4.79 Å². The topological polar surface area (TPSA) is 34.9 Å². The standard InChI is InChI=1S/C23H15ClN2OS2/c24-16-11-9-15(10-12-16)19-13-28-23(25-19)29-14-22(27)26-20-7-3-1-5-17(20)18-6-2-4-8-21(18)26/h1-13H,14H2. The third-order valence-electron chi connectivity index (χ3n) is 4.77. The van der Waals surface area contributed by atoms with E-state index in [0.29, 0.717) is 10.8 Å². The van der Waals surface area contributed by atoms with E-state index < -0.39 is 0 Å². The van der Waals surface area contributed by atoms with Crippen LogP contribution in [0.4, 0.5) is 0 Å². The number of halogens is 1. The first-order valence-corrected chi connectivity index (χ1v) is 11.3. The lowest BCUT2D eigenvalue weighted by molar-refractivity contribution is 0.0951. The predicted octanol–water partition coefficient (Wildman–Crippen LogP) is 7.00. The van der Waals surface area contributed by atoms with Gasteiger partial charge in [-0.25, -0.2) is 4.98 Å². The van der Waals surface area contributed by atoms with Crippen LogP contribution in [0.25, 0.3) is 33.1 Å². The number of thiazole rings is 1. The number of carbonyl (C=O) groups excluding carboxylic acids is 1. The van der Waals surface area contributed by atoms with Gasteiger partial charge in [0.05, 0.1) is 22.5 Å². The molecule has 5 aromatic rings. The van der Waals surface area contributed by atoms with Crippen LogP contribution in [-0.4, -0.2) is 21.2 Å². The number of benzene rings is 3. The fourth-order valence-electron chi connectivity index (χ4n) is 3.46. The van der Waals surface area contributed by atoms with Crippen molar-refractivity contribution in [1.29, 1.82) is 0 Å². The summed E-state index contributed by atoms with van der Waals surface area (Å²) in [7, 11) is 0. The lowest BCUT2D eigenvalue weighted by Gasteiger charge is -2.05. The minimum atomic E-state index is 0.0515. The number of fused-ring (bicyclic) bond motifs is 3. The monoisotopic (exact) mass is 434 g/mol. The first-order valence-electron chi connectivity index (χ1n) is 9.06. The number of aromatic nitrogens is 2. The van der Waals surface area contributed by atoms with Crippen molar-refractivity contribution in [3.63, 3.8) is 0 Å². The quantitative estimate of drug-likeness (QED) is 0.285. The summed E-state index contributed by atoms with van der Waals surface area (Å²) in [4.78, 5) is 17.8. The maximum absolute atomic E-state index is 13.1. The van der Waals surface area contributed by atoms with Crippen LogP contribution in [0.15, 0.2) is 82.5 Å². The van der Waals surface area contributed by atoms with Crippen LogP contribution in [0.2, 0.25) is 5.02 Å². The van der Waals surface area contributed by atoms with Crippen LogP contribution in [-0.2, 0) is 0 Å². The van der Waals surface area contributed by atoms with Gasteiger partial charge in [0.15, 0.2) is 4.34 Å². The van der Waals surface area contributed by atoms with E-state index in [1.165, 1.54) is 11.8 Å². The Bertz CT molecular complexity index is 1290. The molecule has 0 bridgehead atoms. The van der Waals surface area contributed by atoms with Gasteiger partial charge in [0.25, 0.3) is 0 Å². The molecular weight excluding hydrogens is 420 g/mol. The summed E-state index contributed by atoms with van der Waals surface area (Å²) in [6.07, 6.45) is 0. The third-order valence-corrected chi connectivity index (χ3v) is 7.03. The van der Waals surface area contributed by atoms with E-state index >= 15 is 0 Å². The number of carbonyl (C=O) groups is 1. The fraction of sp³-hybridized carbons (Fsp3) is 0.0435. The molecule has 3 aromatic carbocycles. The second-order valence-corrected chi connectivity index (χ2v) is 9.07. The molecule has 0 unspecified atom stereocenters. The van der Waals surface area contributed by atoms with Crippen molar-refractivity contribution in [1.82, 2.24) is 9.55 Å². The van der Waals surface area contributed by atoms with Gasteiger partial charge in [-0.15, -0.1) is 11.3 Å². The van der Waals surface area contributed by atoms with E-state index in [4.69, 9.17) is 11.6 Å². The summed E-state index contributed by atoms with van der Waals surface area (Å²) in [5.74, 6) is 0.381. The van der Waals surface area contributed by atoms with Crippen molar-refractivity contribution in [2.45, 2.75) is 4.34 Å². The van der Waals surface area contributed by atoms with Crippen molar-refractivity contribution in [2.75, 3.05) is 5.75 Å². The number of hydrogen-bond donors (Lipinski definition) is 0. The molecular formula is C23H15ClN2OS2. The minimum Gasteiger partial charge on any atom is -0.279 e. The molecule has 6 heteroatoms. The Morgan fingerprint density at radius 3 is 2.21 bits per heavy atom. The van der Waals surface area contributed by atoms with Crippen molar-refractivity contribution in [3.05, 3.63) is 83.2 Å². The van der Waals surface area contributed by atoms with Gasteiger partial charge in [-0.3, -0.25) is 9.36 Å². The van der Waals surface area contributed by atoms with E-state index in [0.717, 1.165) is 37.4 Å². The largest absolute Gasteiger partial charge is 0.279 e. The van der Waals surface area contributed by atoms with Crippen molar-refractivity contribution < 1.29 is 4.79 Å². The number of para-hydroxylation sites is 2. The summed E-state index contributed by atoms with van der Waals surface area (Å²) in [5.41, 5.74) is 3.81. The first kappa shape index (κ1) is 18.4. The summed E-state index contributed by atoms with van der Waals surface area (Å²) >= 11 is 8.98. The summed E-state index contributed by atoms with van der Waals surface area (Å²) in [6.45, 7) is 0. The average molecular weight is 435 g/mol. The van der Waals surface area contributed by atoms with E-state index in [1.807, 2.05) is 70.6 Å². The normalized spacial score (nSPS) is 11.3. The smallest absolute Gasteiger partial charge is 0.242 e. The van der Waals surface area contributed by atoms with E-state index in [1.54, 1.807) is 11.3 Å². The van der Waals surface area contributed by atoms with Gasteiger partial charge in [0, 0.05) is 26.7 Å². The van der Waals surface area contributed by atoms with Gasteiger partial charge in [-0.05, 0) is 24.3 Å². The first-order chi connectivity index (χ1) is 14.2. The maximum Gasteiger partial charge on any atom is 0.242 e. The highest BCUT2D eigenvalue weighted by molar-refractivity contribution is 8.01. The Balaban J connectivity index is 1.41. The SMILES string of the molecule is O=C(CSc1nc(-c2ccc(Cl)cc2)cs1)n1c2ccccc2c2ccccc21. The lowest BCUT2D eigenvalue weighted by atomic mass is 10.2. The van der Waals surface area contributed by atoms with Crippen molar-refractivity contribution in [2.24, 2.45) is 0 Å². The summed E-state index contributed by atoms with van der Waals surface area (Å²) < 4.78 is 2.70. The highest BCUT2D eigenvalue weighted by Crippen LogP contribution is 2.31. The molecule has 5 rings (SSSR count). The lowest BCUT2D eigenvalue weighted by Crippen LogP contribution is -2.12. The molecule has 0 saturated heterocycles. The Hall–Kier alpha value is -2.60. The minimum absolute atomic E-state index is 0.0515. The van der Waals surface area contributed by atoms with Crippen LogP contribution in [0.5, 0.6) is 0 Å². The highest BCUT2D eigenvalue weighted by Gasteiger charge is 2.16. The van der Waals surface area contributed by atoms with E-state index in [2.05, 4.69) is 17.1 Å². The summed E-state index contributed by atoms with van der Waals surface area (Å²) in [6, 6.07) is 23.7. The van der Waals surface area contributed by atoms with Gasteiger partial charge in [-0.1, -0.05) is 71.9 Å². The molecule has 0 radical (unpaired) electrons. The maximum atomic E-state index is 13.1. The van der Waals surface area contributed by atoms with Gasteiger partial charge in [0.1, 0.15) is 0 Å². The van der Waals surface area contributed by atoms with Crippen molar-refractivity contribution >= 4 is 62.4 Å². The molecule has 0 atom stereocenters. The molecule has 0 fully saturated rings. The number of thioether (sulfide) groups is 1. The zero-order valence-electron chi connectivity index (χ0n) is 15.2. The molecule has 0 saturated carbocycles. The molecule has 0 aliphatic heterocycles. The Morgan fingerprint density at radius 2 is 1.55 bits per heavy atom. The van der Waals surface area contributed by atoms with E-state index in [9.17, 15) is 4.79 Å². The molecule has 0 spiro atoms. The van der Waals surface area contributed by atoms with Crippen molar-refractivity contribution in [3.8, 4) is 11.3 Å². The number of nitrogens with zero attached hydrogens (tertiary/aromatic N) is 2. The van der Waals surface area contributed by atoms with Gasteiger partial charge in [-0.2, -0.15) is 0 Å². The Labute approximate surface area is 181 Å². The highest BCUT2D eigenvalue weighted by atomic mass is 35.5. The van der Waals surface area contributed by atoms with Gasteiger partial charge in [0.2, 0.25) is 5.91 Å².